The zero-order valence-corrected chi connectivity index (χ0v) is 15.1. The first-order chi connectivity index (χ1) is 12.7. The van der Waals surface area contributed by atoms with Crippen molar-refractivity contribution in [3.05, 3.63) is 66.0 Å². The summed E-state index contributed by atoms with van der Waals surface area (Å²) in [4.78, 5) is 16.9. The second kappa shape index (κ2) is 8.81. The van der Waals surface area contributed by atoms with Crippen LogP contribution in [0.5, 0.6) is 5.75 Å². The molecule has 1 saturated heterocycles. The number of benzene rings is 2. The lowest BCUT2D eigenvalue weighted by molar-refractivity contribution is -0.140. The number of carbonyl (C=O) groups is 1. The molecule has 0 unspecified atom stereocenters. The number of rotatable bonds is 6. The van der Waals surface area contributed by atoms with Gasteiger partial charge in [0.2, 0.25) is 0 Å². The highest BCUT2D eigenvalue weighted by Gasteiger charge is 2.28. The highest BCUT2D eigenvalue weighted by Crippen LogP contribution is 2.19. The Bertz CT molecular complexity index is 715. The van der Waals surface area contributed by atoms with E-state index in [4.69, 9.17) is 4.74 Å². The van der Waals surface area contributed by atoms with Gasteiger partial charge in [0.15, 0.2) is 17.7 Å². The van der Waals surface area contributed by atoms with E-state index in [0.717, 1.165) is 19.6 Å². The van der Waals surface area contributed by atoms with Crippen LogP contribution in [0.2, 0.25) is 0 Å². The fraction of sp³-hybridized carbons (Fsp3) is 0.381. The summed E-state index contributed by atoms with van der Waals surface area (Å²) >= 11 is 0. The third kappa shape index (κ3) is 4.61. The molecule has 138 valence electrons. The van der Waals surface area contributed by atoms with Gasteiger partial charge in [0, 0.05) is 32.7 Å². The fourth-order valence-electron chi connectivity index (χ4n) is 3.17. The minimum Gasteiger partial charge on any atom is -0.478 e. The van der Waals surface area contributed by atoms with Crippen molar-refractivity contribution in [1.82, 2.24) is 9.80 Å². The van der Waals surface area contributed by atoms with Gasteiger partial charge in [-0.2, -0.15) is 0 Å². The number of piperazine rings is 1. The maximum Gasteiger partial charge on any atom is 0.263 e. The second-order valence-electron chi connectivity index (χ2n) is 6.53. The molecular formula is C21H25FN2O2. The van der Waals surface area contributed by atoms with E-state index in [2.05, 4.69) is 17.0 Å². The Balaban J connectivity index is 1.54. The van der Waals surface area contributed by atoms with E-state index in [1.807, 2.05) is 30.0 Å². The predicted molar refractivity (Wildman–Crippen MR) is 99.4 cm³/mol. The summed E-state index contributed by atoms with van der Waals surface area (Å²) in [6.45, 7) is 5.78. The van der Waals surface area contributed by atoms with E-state index in [9.17, 15) is 9.18 Å². The molecule has 1 aliphatic heterocycles. The van der Waals surface area contributed by atoms with Gasteiger partial charge < -0.3 is 9.64 Å². The van der Waals surface area contributed by atoms with Gasteiger partial charge in [-0.05, 0) is 24.1 Å². The van der Waals surface area contributed by atoms with Crippen LogP contribution in [-0.2, 0) is 11.3 Å². The van der Waals surface area contributed by atoms with E-state index < -0.39 is 11.9 Å². The van der Waals surface area contributed by atoms with Crippen LogP contribution in [0.4, 0.5) is 4.39 Å². The van der Waals surface area contributed by atoms with Gasteiger partial charge in [0.1, 0.15) is 0 Å². The molecule has 0 spiro atoms. The predicted octanol–water partition coefficient (Wildman–Crippen LogP) is 3.33. The summed E-state index contributed by atoms with van der Waals surface area (Å²) in [6.07, 6.45) is -0.134. The molecule has 0 bridgehead atoms. The molecule has 3 rings (SSSR count). The normalized spacial score (nSPS) is 16.3. The SMILES string of the molecule is CC[C@H](Oc1ccccc1F)C(=O)N1CCN(Cc2ccccc2)CC1. The van der Waals surface area contributed by atoms with Gasteiger partial charge >= 0.3 is 0 Å². The number of amides is 1. The Morgan fingerprint density at radius 3 is 2.35 bits per heavy atom. The standard InChI is InChI=1S/C21H25FN2O2/c1-2-19(26-20-11-7-6-10-18(20)22)21(25)24-14-12-23(13-15-24)16-17-8-4-3-5-9-17/h3-11,19H,2,12-16H2,1H3/t19-/m0/s1. The summed E-state index contributed by atoms with van der Waals surface area (Å²) in [5.74, 6) is -0.364. The first-order valence-electron chi connectivity index (χ1n) is 9.13. The Morgan fingerprint density at radius 1 is 1.04 bits per heavy atom. The topological polar surface area (TPSA) is 32.8 Å². The Morgan fingerprint density at radius 2 is 1.69 bits per heavy atom. The third-order valence-electron chi connectivity index (χ3n) is 4.69. The number of ether oxygens (including phenoxy) is 1. The molecule has 0 aromatic heterocycles. The quantitative estimate of drug-likeness (QED) is 0.796. The Labute approximate surface area is 154 Å². The monoisotopic (exact) mass is 356 g/mol. The first-order valence-corrected chi connectivity index (χ1v) is 9.13. The van der Waals surface area contributed by atoms with Crippen molar-refractivity contribution in [3.63, 3.8) is 0 Å². The molecule has 2 aromatic carbocycles. The van der Waals surface area contributed by atoms with E-state index in [1.165, 1.54) is 11.6 Å². The van der Waals surface area contributed by atoms with Gasteiger partial charge in [0.25, 0.3) is 5.91 Å². The maximum absolute atomic E-state index is 13.8. The van der Waals surface area contributed by atoms with Crippen molar-refractivity contribution in [2.24, 2.45) is 0 Å². The summed E-state index contributed by atoms with van der Waals surface area (Å²) in [5.41, 5.74) is 1.28. The molecule has 2 aromatic rings. The average Bonchev–Trinajstić information content (AvgIpc) is 2.68. The van der Waals surface area contributed by atoms with Crippen LogP contribution in [0.1, 0.15) is 18.9 Å². The van der Waals surface area contributed by atoms with Crippen molar-refractivity contribution in [2.45, 2.75) is 26.0 Å². The summed E-state index contributed by atoms with van der Waals surface area (Å²) < 4.78 is 19.4. The summed E-state index contributed by atoms with van der Waals surface area (Å²) in [7, 11) is 0. The number of para-hydroxylation sites is 1. The molecule has 0 saturated carbocycles. The molecule has 0 radical (unpaired) electrons. The van der Waals surface area contributed by atoms with Crippen LogP contribution in [0, 0.1) is 5.82 Å². The third-order valence-corrected chi connectivity index (χ3v) is 4.69. The van der Waals surface area contributed by atoms with E-state index in [-0.39, 0.29) is 11.7 Å². The molecule has 0 aliphatic carbocycles. The summed E-state index contributed by atoms with van der Waals surface area (Å²) in [5, 5.41) is 0. The largest absolute Gasteiger partial charge is 0.478 e. The Kier molecular flexibility index (Phi) is 6.23. The molecular weight excluding hydrogens is 331 g/mol. The lowest BCUT2D eigenvalue weighted by Crippen LogP contribution is -2.52. The average molecular weight is 356 g/mol. The smallest absolute Gasteiger partial charge is 0.263 e. The lowest BCUT2D eigenvalue weighted by atomic mass is 10.1. The number of nitrogens with zero attached hydrogens (tertiary/aromatic N) is 2. The van der Waals surface area contributed by atoms with E-state index >= 15 is 0 Å². The molecule has 4 nitrogen and oxygen atoms in total. The van der Waals surface area contributed by atoms with Crippen molar-refractivity contribution in [2.75, 3.05) is 26.2 Å². The van der Waals surface area contributed by atoms with Crippen molar-refractivity contribution < 1.29 is 13.9 Å². The van der Waals surface area contributed by atoms with Gasteiger partial charge in [0.05, 0.1) is 0 Å². The number of halogens is 1. The van der Waals surface area contributed by atoms with Gasteiger partial charge in [-0.1, -0.05) is 49.4 Å². The van der Waals surface area contributed by atoms with Crippen LogP contribution < -0.4 is 4.74 Å². The number of carbonyl (C=O) groups excluding carboxylic acids is 1. The molecule has 1 heterocycles. The van der Waals surface area contributed by atoms with E-state index in [1.54, 1.807) is 18.2 Å². The fourth-order valence-corrected chi connectivity index (χ4v) is 3.17. The molecule has 1 fully saturated rings. The second-order valence-corrected chi connectivity index (χ2v) is 6.53. The highest BCUT2D eigenvalue weighted by molar-refractivity contribution is 5.81. The molecule has 0 N–H and O–H groups in total. The lowest BCUT2D eigenvalue weighted by Gasteiger charge is -2.36. The van der Waals surface area contributed by atoms with Crippen molar-refractivity contribution in [3.8, 4) is 5.75 Å². The molecule has 26 heavy (non-hydrogen) atoms. The van der Waals surface area contributed by atoms with Gasteiger partial charge in [-0.3, -0.25) is 9.69 Å². The minimum atomic E-state index is -0.646. The van der Waals surface area contributed by atoms with Crippen molar-refractivity contribution in [1.29, 1.82) is 0 Å². The van der Waals surface area contributed by atoms with Gasteiger partial charge in [-0.25, -0.2) is 4.39 Å². The zero-order valence-electron chi connectivity index (χ0n) is 15.1. The summed E-state index contributed by atoms with van der Waals surface area (Å²) in [6, 6.07) is 16.6. The molecule has 1 amide bonds. The number of hydrogen-bond acceptors (Lipinski definition) is 3. The molecule has 5 heteroatoms. The molecule has 1 aliphatic rings. The zero-order chi connectivity index (χ0) is 18.4. The van der Waals surface area contributed by atoms with Crippen LogP contribution in [-0.4, -0.2) is 48.0 Å². The van der Waals surface area contributed by atoms with Crippen molar-refractivity contribution >= 4 is 5.91 Å². The first kappa shape index (κ1) is 18.4. The van der Waals surface area contributed by atoms with E-state index in [0.29, 0.717) is 19.5 Å². The van der Waals surface area contributed by atoms with Crippen LogP contribution in [0.3, 0.4) is 0 Å². The van der Waals surface area contributed by atoms with Crippen LogP contribution in [0.25, 0.3) is 0 Å². The van der Waals surface area contributed by atoms with Gasteiger partial charge in [-0.15, -0.1) is 0 Å². The number of hydrogen-bond donors (Lipinski definition) is 0. The minimum absolute atomic E-state index is 0.0601. The Hall–Kier alpha value is -2.40. The van der Waals surface area contributed by atoms with Crippen LogP contribution in [0.15, 0.2) is 54.6 Å². The molecule has 1 atom stereocenters. The maximum atomic E-state index is 13.8. The van der Waals surface area contributed by atoms with Crippen LogP contribution >= 0.6 is 0 Å². The highest BCUT2D eigenvalue weighted by atomic mass is 19.1.